The van der Waals surface area contributed by atoms with E-state index in [1.165, 1.54) is 58.3 Å². The van der Waals surface area contributed by atoms with Crippen molar-refractivity contribution in [1.82, 2.24) is 9.80 Å². The highest BCUT2D eigenvalue weighted by atomic mass is 16.3. The van der Waals surface area contributed by atoms with Crippen LogP contribution in [0.2, 0.25) is 0 Å². The van der Waals surface area contributed by atoms with E-state index >= 15 is 0 Å². The molecule has 18 heavy (non-hydrogen) atoms. The van der Waals surface area contributed by atoms with Crippen molar-refractivity contribution in [3.63, 3.8) is 0 Å². The van der Waals surface area contributed by atoms with E-state index in [9.17, 15) is 5.11 Å². The molecule has 3 aliphatic rings. The van der Waals surface area contributed by atoms with Crippen molar-refractivity contribution in [2.45, 2.75) is 63.6 Å². The molecule has 0 amide bonds. The Labute approximate surface area is 111 Å². The first kappa shape index (κ1) is 12.9. The summed E-state index contributed by atoms with van der Waals surface area (Å²) in [6, 6.07) is 1.22. The van der Waals surface area contributed by atoms with Gasteiger partial charge in [0.2, 0.25) is 0 Å². The molecule has 3 heteroatoms. The first-order valence-corrected chi connectivity index (χ1v) is 7.90. The Balaban J connectivity index is 1.57. The summed E-state index contributed by atoms with van der Waals surface area (Å²) in [5.74, 6) is 0.796. The summed E-state index contributed by atoms with van der Waals surface area (Å²) in [6.07, 6.45) is 7.45. The predicted molar refractivity (Wildman–Crippen MR) is 73.6 cm³/mol. The van der Waals surface area contributed by atoms with Crippen LogP contribution in [0, 0.1) is 5.92 Å². The minimum atomic E-state index is -0.0708. The third-order valence-electron chi connectivity index (χ3n) is 5.36. The zero-order valence-electron chi connectivity index (χ0n) is 11.7. The van der Waals surface area contributed by atoms with Crippen molar-refractivity contribution in [3.8, 4) is 0 Å². The molecule has 1 saturated carbocycles. The number of aliphatic hydroxyl groups excluding tert-OH is 1. The molecular weight excluding hydrogens is 224 g/mol. The fourth-order valence-electron chi connectivity index (χ4n) is 4.20. The molecule has 0 bridgehead atoms. The number of hydrogen-bond donors (Lipinski definition) is 1. The predicted octanol–water partition coefficient (Wildman–Crippen LogP) is 1.71. The van der Waals surface area contributed by atoms with Gasteiger partial charge in [-0.2, -0.15) is 0 Å². The molecule has 0 aromatic rings. The fraction of sp³-hybridized carbons (Fsp3) is 1.00. The molecule has 3 rings (SSSR count). The van der Waals surface area contributed by atoms with Gasteiger partial charge in [-0.25, -0.2) is 0 Å². The highest BCUT2D eigenvalue weighted by Gasteiger charge is 2.37. The lowest BCUT2D eigenvalue weighted by atomic mass is 9.84. The van der Waals surface area contributed by atoms with Gasteiger partial charge in [0.15, 0.2) is 0 Å². The van der Waals surface area contributed by atoms with Crippen molar-refractivity contribution in [2.24, 2.45) is 5.92 Å². The maximum Gasteiger partial charge on any atom is 0.0695 e. The minimum Gasteiger partial charge on any atom is -0.391 e. The van der Waals surface area contributed by atoms with Crippen LogP contribution in [0.4, 0.5) is 0 Å². The molecule has 1 N–H and O–H groups in total. The van der Waals surface area contributed by atoms with Crippen molar-refractivity contribution in [3.05, 3.63) is 0 Å². The molecule has 3 fully saturated rings. The lowest BCUT2D eigenvalue weighted by Gasteiger charge is -2.38. The van der Waals surface area contributed by atoms with Crippen LogP contribution in [0.25, 0.3) is 0 Å². The third kappa shape index (κ3) is 2.59. The van der Waals surface area contributed by atoms with E-state index in [4.69, 9.17) is 0 Å². The van der Waals surface area contributed by atoms with Crippen molar-refractivity contribution in [1.29, 1.82) is 0 Å². The number of likely N-dealkylation sites (tertiary alicyclic amines) is 2. The van der Waals surface area contributed by atoms with Crippen LogP contribution < -0.4 is 0 Å². The minimum absolute atomic E-state index is 0.0708. The summed E-state index contributed by atoms with van der Waals surface area (Å²) in [7, 11) is 0. The zero-order valence-corrected chi connectivity index (χ0v) is 11.7. The number of hydrogen-bond acceptors (Lipinski definition) is 3. The van der Waals surface area contributed by atoms with Gasteiger partial charge in [0, 0.05) is 25.2 Å². The average molecular weight is 252 g/mol. The van der Waals surface area contributed by atoms with Crippen molar-refractivity contribution < 1.29 is 5.11 Å². The first-order chi connectivity index (χ1) is 8.74. The maximum absolute atomic E-state index is 10.2. The van der Waals surface area contributed by atoms with Crippen molar-refractivity contribution >= 4 is 0 Å². The second-order valence-electron chi connectivity index (χ2n) is 6.73. The summed E-state index contributed by atoms with van der Waals surface area (Å²) in [4.78, 5) is 5.27. The van der Waals surface area contributed by atoms with Crippen LogP contribution in [-0.2, 0) is 0 Å². The molecule has 2 heterocycles. The Morgan fingerprint density at radius 2 is 1.72 bits per heavy atom. The van der Waals surface area contributed by atoms with Gasteiger partial charge in [0.05, 0.1) is 6.10 Å². The van der Waals surface area contributed by atoms with E-state index in [1.54, 1.807) is 0 Å². The van der Waals surface area contributed by atoms with E-state index in [-0.39, 0.29) is 6.10 Å². The summed E-state index contributed by atoms with van der Waals surface area (Å²) < 4.78 is 0. The first-order valence-electron chi connectivity index (χ1n) is 7.90. The van der Waals surface area contributed by atoms with E-state index < -0.39 is 0 Å². The Morgan fingerprint density at radius 3 is 2.50 bits per heavy atom. The highest BCUT2D eigenvalue weighted by molar-refractivity contribution is 4.93. The molecule has 1 aliphatic carbocycles. The lowest BCUT2D eigenvalue weighted by Crippen LogP contribution is -2.47. The summed E-state index contributed by atoms with van der Waals surface area (Å²) in [5.41, 5.74) is 0. The third-order valence-corrected chi connectivity index (χ3v) is 5.36. The van der Waals surface area contributed by atoms with Crippen molar-refractivity contribution in [2.75, 3.05) is 26.2 Å². The molecule has 2 aliphatic heterocycles. The van der Waals surface area contributed by atoms with Crippen LogP contribution >= 0.6 is 0 Å². The van der Waals surface area contributed by atoms with E-state index in [0.717, 1.165) is 18.4 Å². The second kappa shape index (κ2) is 5.48. The average Bonchev–Trinajstić information content (AvgIpc) is 3.00. The van der Waals surface area contributed by atoms with Crippen LogP contribution in [0.3, 0.4) is 0 Å². The molecule has 104 valence electrons. The topological polar surface area (TPSA) is 26.7 Å². The molecule has 3 nitrogen and oxygen atoms in total. The van der Waals surface area contributed by atoms with Crippen LogP contribution in [-0.4, -0.2) is 59.3 Å². The van der Waals surface area contributed by atoms with Gasteiger partial charge < -0.3 is 5.11 Å². The summed E-state index contributed by atoms with van der Waals surface area (Å²) >= 11 is 0. The Bertz CT molecular complexity index is 278. The summed E-state index contributed by atoms with van der Waals surface area (Å²) in [5, 5.41) is 10.2. The van der Waals surface area contributed by atoms with E-state index in [0.29, 0.717) is 6.04 Å². The largest absolute Gasteiger partial charge is 0.391 e. The Hall–Kier alpha value is -0.120. The number of nitrogens with zero attached hydrogens (tertiary/aromatic N) is 2. The molecule has 0 radical (unpaired) electrons. The SMILES string of the molecule is CC1CCC(O)C(N2CCC(N3CCCC3)C2)C1. The number of rotatable bonds is 2. The molecule has 4 unspecified atom stereocenters. The lowest BCUT2D eigenvalue weighted by molar-refractivity contribution is 0.0133. The zero-order chi connectivity index (χ0) is 12.5. The van der Waals surface area contributed by atoms with Gasteiger partial charge in [-0.3, -0.25) is 9.80 Å². The molecular formula is C15H28N2O. The van der Waals surface area contributed by atoms with Gasteiger partial charge >= 0.3 is 0 Å². The quantitative estimate of drug-likeness (QED) is 0.810. The van der Waals surface area contributed by atoms with Gasteiger partial charge in [0.25, 0.3) is 0 Å². The molecule has 0 aromatic carbocycles. The molecule has 4 atom stereocenters. The van der Waals surface area contributed by atoms with E-state index in [1.807, 2.05) is 0 Å². The maximum atomic E-state index is 10.2. The Morgan fingerprint density at radius 1 is 0.944 bits per heavy atom. The molecule has 0 aromatic heterocycles. The molecule has 2 saturated heterocycles. The highest BCUT2D eigenvalue weighted by Crippen LogP contribution is 2.31. The van der Waals surface area contributed by atoms with Gasteiger partial charge in [-0.05, 0) is 57.5 Å². The van der Waals surface area contributed by atoms with E-state index in [2.05, 4.69) is 16.7 Å². The van der Waals surface area contributed by atoms with Gasteiger partial charge in [0.1, 0.15) is 0 Å². The van der Waals surface area contributed by atoms with Gasteiger partial charge in [-0.1, -0.05) is 6.92 Å². The number of aliphatic hydroxyl groups is 1. The van der Waals surface area contributed by atoms with Gasteiger partial charge in [-0.15, -0.1) is 0 Å². The normalized spacial score (nSPS) is 43.7. The fourth-order valence-corrected chi connectivity index (χ4v) is 4.20. The van der Waals surface area contributed by atoms with Crippen LogP contribution in [0.15, 0.2) is 0 Å². The Kier molecular flexibility index (Phi) is 3.92. The standard InChI is InChI=1S/C15H28N2O/c1-12-4-5-15(18)14(10-12)17-9-6-13(11-17)16-7-2-3-8-16/h12-15,18H,2-11H2,1H3. The summed E-state index contributed by atoms with van der Waals surface area (Å²) in [6.45, 7) is 7.36. The van der Waals surface area contributed by atoms with Crippen LogP contribution in [0.1, 0.15) is 45.4 Å². The monoisotopic (exact) mass is 252 g/mol. The molecule has 0 spiro atoms. The van der Waals surface area contributed by atoms with Crippen LogP contribution in [0.5, 0.6) is 0 Å². The second-order valence-corrected chi connectivity index (χ2v) is 6.73. The smallest absolute Gasteiger partial charge is 0.0695 e.